The monoisotopic (exact) mass is 440 g/mol. The number of nitro benzene ring substituents is 1. The van der Waals surface area contributed by atoms with E-state index in [-0.39, 0.29) is 18.0 Å². The van der Waals surface area contributed by atoms with E-state index in [1.165, 1.54) is 12.1 Å². The highest BCUT2D eigenvalue weighted by Crippen LogP contribution is 2.36. The lowest BCUT2D eigenvalue weighted by Gasteiger charge is -2.12. The number of fused-ring (bicyclic) bond motifs is 1. The maximum absolute atomic E-state index is 12.8. The predicted molar refractivity (Wildman–Crippen MR) is 117 cm³/mol. The minimum Gasteiger partial charge on any atom is -0.493 e. The number of nitrogens with one attached hydrogen (secondary N) is 1. The van der Waals surface area contributed by atoms with Gasteiger partial charge in [-0.15, -0.1) is 0 Å². The number of amides is 1. The van der Waals surface area contributed by atoms with E-state index in [1.54, 1.807) is 54.9 Å². The highest BCUT2D eigenvalue weighted by molar-refractivity contribution is 7.98. The molecule has 1 aliphatic heterocycles. The van der Waals surface area contributed by atoms with Gasteiger partial charge in [-0.05, 0) is 29.8 Å². The number of nitrogens with zero attached hydrogens (tertiary/aromatic N) is 3. The van der Waals surface area contributed by atoms with Gasteiger partial charge in [0.15, 0.2) is 11.5 Å². The zero-order valence-corrected chi connectivity index (χ0v) is 17.8. The van der Waals surface area contributed by atoms with Gasteiger partial charge < -0.3 is 14.8 Å². The number of anilines is 1. The Bertz CT molecular complexity index is 1140. The molecule has 0 radical (unpaired) electrons. The number of nitro groups is 1. The van der Waals surface area contributed by atoms with E-state index in [2.05, 4.69) is 10.4 Å². The van der Waals surface area contributed by atoms with Crippen molar-refractivity contribution in [3.05, 3.63) is 69.4 Å². The van der Waals surface area contributed by atoms with Crippen molar-refractivity contribution in [1.82, 2.24) is 9.78 Å². The van der Waals surface area contributed by atoms with E-state index in [9.17, 15) is 14.9 Å². The van der Waals surface area contributed by atoms with Gasteiger partial charge >= 0.3 is 0 Å². The zero-order valence-electron chi connectivity index (χ0n) is 17.0. The summed E-state index contributed by atoms with van der Waals surface area (Å²) in [5.41, 5.74) is 3.31. The molecule has 10 heteroatoms. The molecule has 3 aromatic rings. The molecule has 1 aromatic heterocycles. The molecule has 0 saturated carbocycles. The molecular weight excluding hydrogens is 420 g/mol. The van der Waals surface area contributed by atoms with Crippen molar-refractivity contribution >= 4 is 29.2 Å². The van der Waals surface area contributed by atoms with Gasteiger partial charge in [-0.1, -0.05) is 6.07 Å². The third-order valence-electron chi connectivity index (χ3n) is 4.93. The molecule has 0 aliphatic carbocycles. The van der Waals surface area contributed by atoms with Crippen LogP contribution in [0.2, 0.25) is 0 Å². The van der Waals surface area contributed by atoms with Crippen LogP contribution in [0.15, 0.2) is 42.5 Å². The average molecular weight is 440 g/mol. The van der Waals surface area contributed by atoms with E-state index in [1.807, 2.05) is 6.07 Å². The Morgan fingerprint density at radius 2 is 1.90 bits per heavy atom. The Morgan fingerprint density at radius 3 is 2.58 bits per heavy atom. The number of non-ortho nitro benzene ring substituents is 1. The molecule has 2 heterocycles. The fourth-order valence-electron chi connectivity index (χ4n) is 3.40. The van der Waals surface area contributed by atoms with Crippen LogP contribution in [0.5, 0.6) is 11.5 Å². The second-order valence-electron chi connectivity index (χ2n) is 6.87. The highest BCUT2D eigenvalue weighted by atomic mass is 32.2. The minimum atomic E-state index is -0.449. The van der Waals surface area contributed by atoms with E-state index in [0.29, 0.717) is 23.0 Å². The first kappa shape index (κ1) is 20.7. The van der Waals surface area contributed by atoms with Crippen LogP contribution >= 0.6 is 11.8 Å². The standard InChI is InChI=1S/C21H20N4O5S/c1-29-18-8-3-13(9-19(18)30-2)10-20(26)22-21-16-11-31-12-17(16)23-24(21)14-4-6-15(7-5-14)25(27)28/h3-9H,10-12H2,1-2H3,(H,22,26). The summed E-state index contributed by atoms with van der Waals surface area (Å²) < 4.78 is 12.2. The van der Waals surface area contributed by atoms with Gasteiger partial charge in [-0.25, -0.2) is 4.68 Å². The van der Waals surface area contributed by atoms with Crippen molar-refractivity contribution in [2.45, 2.75) is 17.9 Å². The number of carbonyl (C=O) groups is 1. The summed E-state index contributed by atoms with van der Waals surface area (Å²) in [5.74, 6) is 3.05. The Hall–Kier alpha value is -3.53. The lowest BCUT2D eigenvalue weighted by molar-refractivity contribution is -0.384. The summed E-state index contributed by atoms with van der Waals surface area (Å²) in [7, 11) is 3.10. The molecule has 0 unspecified atom stereocenters. The van der Waals surface area contributed by atoms with Gasteiger partial charge in [0.1, 0.15) is 5.82 Å². The third kappa shape index (κ3) is 4.19. The summed E-state index contributed by atoms with van der Waals surface area (Å²) in [6.45, 7) is 0. The Morgan fingerprint density at radius 1 is 1.16 bits per heavy atom. The zero-order chi connectivity index (χ0) is 22.0. The minimum absolute atomic E-state index is 0.00181. The van der Waals surface area contributed by atoms with Crippen molar-refractivity contribution in [3.8, 4) is 17.2 Å². The summed E-state index contributed by atoms with van der Waals surface area (Å²) in [5, 5.41) is 18.5. The maximum Gasteiger partial charge on any atom is 0.269 e. The van der Waals surface area contributed by atoms with Crippen LogP contribution in [0.4, 0.5) is 11.5 Å². The molecule has 0 saturated heterocycles. The molecule has 31 heavy (non-hydrogen) atoms. The van der Waals surface area contributed by atoms with Crippen molar-refractivity contribution < 1.29 is 19.2 Å². The third-order valence-corrected chi connectivity index (χ3v) is 5.90. The van der Waals surface area contributed by atoms with Gasteiger partial charge in [0.2, 0.25) is 5.91 Å². The SMILES string of the molecule is COc1ccc(CC(=O)Nc2c3c(nn2-c2ccc([N+](=O)[O-])cc2)CSC3)cc1OC. The first-order chi connectivity index (χ1) is 15.0. The van der Waals surface area contributed by atoms with Gasteiger partial charge in [0.05, 0.1) is 36.9 Å². The molecule has 9 nitrogen and oxygen atoms in total. The lowest BCUT2D eigenvalue weighted by Crippen LogP contribution is -2.18. The van der Waals surface area contributed by atoms with Crippen molar-refractivity contribution in [3.63, 3.8) is 0 Å². The van der Waals surface area contributed by atoms with Gasteiger partial charge in [0, 0.05) is 29.2 Å². The number of carbonyl (C=O) groups excluding carboxylic acids is 1. The van der Waals surface area contributed by atoms with Crippen LogP contribution in [-0.2, 0) is 22.7 Å². The number of hydrogen-bond donors (Lipinski definition) is 1. The molecule has 160 valence electrons. The number of rotatable bonds is 7. The Kier molecular flexibility index (Phi) is 5.81. The van der Waals surface area contributed by atoms with E-state index in [4.69, 9.17) is 9.47 Å². The highest BCUT2D eigenvalue weighted by Gasteiger charge is 2.25. The molecular formula is C21H20N4O5S. The lowest BCUT2D eigenvalue weighted by atomic mass is 10.1. The van der Waals surface area contributed by atoms with Crippen LogP contribution in [-0.4, -0.2) is 34.8 Å². The van der Waals surface area contributed by atoms with Crippen LogP contribution < -0.4 is 14.8 Å². The second kappa shape index (κ2) is 8.68. The quantitative estimate of drug-likeness (QED) is 0.440. The number of thioether (sulfide) groups is 1. The number of aromatic nitrogens is 2. The number of benzene rings is 2. The molecule has 0 bridgehead atoms. The van der Waals surface area contributed by atoms with Crippen molar-refractivity contribution in [1.29, 1.82) is 0 Å². The largest absolute Gasteiger partial charge is 0.493 e. The molecule has 1 aliphatic rings. The van der Waals surface area contributed by atoms with Gasteiger partial charge in [-0.3, -0.25) is 14.9 Å². The molecule has 0 spiro atoms. The summed E-state index contributed by atoms with van der Waals surface area (Å²) in [6, 6.07) is 11.4. The number of hydrogen-bond acceptors (Lipinski definition) is 7. The normalized spacial score (nSPS) is 12.3. The molecule has 0 fully saturated rings. The summed E-state index contributed by atoms with van der Waals surface area (Å²) >= 11 is 1.73. The Labute approximate surface area is 182 Å². The van der Waals surface area contributed by atoms with Crippen molar-refractivity contribution in [2.75, 3.05) is 19.5 Å². The number of ether oxygens (including phenoxy) is 2. The molecule has 1 N–H and O–H groups in total. The van der Waals surface area contributed by atoms with Crippen LogP contribution in [0.25, 0.3) is 5.69 Å². The summed E-state index contributed by atoms with van der Waals surface area (Å²) in [6.07, 6.45) is 0.147. The fourth-order valence-corrected chi connectivity index (χ4v) is 4.43. The van der Waals surface area contributed by atoms with Crippen LogP contribution in [0.3, 0.4) is 0 Å². The van der Waals surface area contributed by atoms with E-state index < -0.39 is 4.92 Å². The Balaban J connectivity index is 1.59. The molecule has 2 aromatic carbocycles. The fraction of sp³-hybridized carbons (Fsp3) is 0.238. The van der Waals surface area contributed by atoms with Gasteiger partial charge in [0.25, 0.3) is 5.69 Å². The second-order valence-corrected chi connectivity index (χ2v) is 7.85. The first-order valence-electron chi connectivity index (χ1n) is 9.44. The van der Waals surface area contributed by atoms with E-state index >= 15 is 0 Å². The smallest absolute Gasteiger partial charge is 0.269 e. The number of methoxy groups -OCH3 is 2. The maximum atomic E-state index is 12.8. The molecule has 1 amide bonds. The van der Waals surface area contributed by atoms with Gasteiger partial charge in [-0.2, -0.15) is 16.9 Å². The molecule has 0 atom stereocenters. The topological polar surface area (TPSA) is 109 Å². The van der Waals surface area contributed by atoms with Crippen molar-refractivity contribution in [2.24, 2.45) is 0 Å². The predicted octanol–water partition coefficient (Wildman–Crippen LogP) is 3.73. The van der Waals surface area contributed by atoms with E-state index in [0.717, 1.165) is 28.3 Å². The van der Waals surface area contributed by atoms with Crippen LogP contribution in [0.1, 0.15) is 16.8 Å². The molecule has 4 rings (SSSR count). The average Bonchev–Trinajstić information content (AvgIpc) is 3.36. The summed E-state index contributed by atoms with van der Waals surface area (Å²) in [4.78, 5) is 23.3. The first-order valence-corrected chi connectivity index (χ1v) is 10.6. The van der Waals surface area contributed by atoms with Crippen LogP contribution in [0, 0.1) is 10.1 Å².